The van der Waals surface area contributed by atoms with E-state index in [2.05, 4.69) is 37.6 Å². The number of methoxy groups -OCH3 is 1. The summed E-state index contributed by atoms with van der Waals surface area (Å²) in [5.74, 6) is 0.197. The van der Waals surface area contributed by atoms with Gasteiger partial charge in [0.25, 0.3) is 0 Å². The van der Waals surface area contributed by atoms with Gasteiger partial charge in [0.2, 0.25) is 5.91 Å². The number of thiazole rings is 1. The van der Waals surface area contributed by atoms with Crippen LogP contribution in [0.5, 0.6) is 5.75 Å². The van der Waals surface area contributed by atoms with Crippen molar-refractivity contribution >= 4 is 37.3 Å². The number of benzene rings is 2. The van der Waals surface area contributed by atoms with Crippen molar-refractivity contribution in [2.45, 2.75) is 37.6 Å². The van der Waals surface area contributed by atoms with Gasteiger partial charge in [-0.25, -0.2) is 8.42 Å². The summed E-state index contributed by atoms with van der Waals surface area (Å²) < 4.78 is 33.1. The molecule has 0 bridgehead atoms. The summed E-state index contributed by atoms with van der Waals surface area (Å²) in [5.41, 5.74) is 2.19. The lowest BCUT2D eigenvalue weighted by molar-refractivity contribution is -0.117. The fourth-order valence-corrected chi connectivity index (χ4v) is 5.46. The number of nitrogens with zero attached hydrogens (tertiary/aromatic N) is 2. The van der Waals surface area contributed by atoms with Gasteiger partial charge in [0.15, 0.2) is 14.6 Å². The fraction of sp³-hybridized carbons (Fsp3) is 0.304. The molecule has 3 aromatic rings. The maximum absolute atomic E-state index is 12.5. The summed E-state index contributed by atoms with van der Waals surface area (Å²) in [5, 5.41) is 0. The van der Waals surface area contributed by atoms with Gasteiger partial charge in [-0.15, -0.1) is 6.58 Å². The van der Waals surface area contributed by atoms with Crippen LogP contribution in [0.1, 0.15) is 31.7 Å². The number of fused-ring (bicyclic) bond motifs is 1. The van der Waals surface area contributed by atoms with E-state index in [4.69, 9.17) is 4.74 Å². The molecular formula is C23H26N2O4S2. The molecule has 0 saturated heterocycles. The number of carbonyl (C=O) groups excluding carboxylic acids is 1. The summed E-state index contributed by atoms with van der Waals surface area (Å²) >= 11 is 1.42. The summed E-state index contributed by atoms with van der Waals surface area (Å²) in [6, 6.07) is 12.3. The normalized spacial score (nSPS) is 12.5. The lowest BCUT2D eigenvalue weighted by Gasteiger charge is -2.06. The highest BCUT2D eigenvalue weighted by molar-refractivity contribution is 7.91. The van der Waals surface area contributed by atoms with Crippen LogP contribution in [0.25, 0.3) is 10.2 Å². The van der Waals surface area contributed by atoms with Gasteiger partial charge in [-0.3, -0.25) is 4.79 Å². The molecule has 1 aromatic heterocycles. The molecule has 3 rings (SSSR count). The number of allylic oxidation sites excluding steroid dienone is 1. The van der Waals surface area contributed by atoms with E-state index in [1.165, 1.54) is 36.1 Å². The SMILES string of the molecule is C=CCn1c(=NC(=O)CCS(=O)(=O)c2ccc(OC)cc2)sc2cc(C(C)C)ccc21. The van der Waals surface area contributed by atoms with E-state index >= 15 is 0 Å². The Morgan fingerprint density at radius 1 is 1.23 bits per heavy atom. The molecule has 164 valence electrons. The molecule has 6 nitrogen and oxygen atoms in total. The van der Waals surface area contributed by atoms with Gasteiger partial charge in [-0.05, 0) is 47.9 Å². The van der Waals surface area contributed by atoms with Gasteiger partial charge in [0.05, 0.1) is 28.0 Å². The summed E-state index contributed by atoms with van der Waals surface area (Å²) in [4.78, 5) is 17.4. The minimum Gasteiger partial charge on any atom is -0.497 e. The second-order valence-electron chi connectivity index (χ2n) is 7.42. The summed E-state index contributed by atoms with van der Waals surface area (Å²) in [6.07, 6.45) is 1.56. The first-order valence-corrected chi connectivity index (χ1v) is 12.4. The first-order chi connectivity index (χ1) is 14.7. The number of amides is 1. The van der Waals surface area contributed by atoms with Crippen LogP contribution in [0.2, 0.25) is 0 Å². The van der Waals surface area contributed by atoms with Crippen molar-refractivity contribution in [1.82, 2.24) is 4.57 Å². The number of ether oxygens (including phenoxy) is 1. The molecule has 0 N–H and O–H groups in total. The van der Waals surface area contributed by atoms with Crippen LogP contribution in [0.4, 0.5) is 0 Å². The Balaban J connectivity index is 1.85. The molecule has 0 saturated carbocycles. The monoisotopic (exact) mass is 458 g/mol. The van der Waals surface area contributed by atoms with Crippen LogP contribution < -0.4 is 9.54 Å². The van der Waals surface area contributed by atoms with E-state index in [0.717, 1.165) is 10.2 Å². The minimum absolute atomic E-state index is 0.158. The summed E-state index contributed by atoms with van der Waals surface area (Å²) in [7, 11) is -2.07. The van der Waals surface area contributed by atoms with Crippen LogP contribution in [-0.2, 0) is 21.2 Å². The maximum atomic E-state index is 12.5. The van der Waals surface area contributed by atoms with Crippen molar-refractivity contribution in [2.24, 2.45) is 4.99 Å². The molecular weight excluding hydrogens is 432 g/mol. The Morgan fingerprint density at radius 3 is 2.55 bits per heavy atom. The van der Waals surface area contributed by atoms with E-state index < -0.39 is 15.7 Å². The Morgan fingerprint density at radius 2 is 1.94 bits per heavy atom. The van der Waals surface area contributed by atoms with Gasteiger partial charge in [0, 0.05) is 13.0 Å². The fourth-order valence-electron chi connectivity index (χ4n) is 3.12. The third-order valence-electron chi connectivity index (χ3n) is 4.91. The van der Waals surface area contributed by atoms with Crippen LogP contribution in [0.15, 0.2) is 65.0 Å². The lowest BCUT2D eigenvalue weighted by atomic mass is 10.0. The van der Waals surface area contributed by atoms with E-state index in [0.29, 0.717) is 23.0 Å². The predicted molar refractivity (Wildman–Crippen MR) is 124 cm³/mol. The predicted octanol–water partition coefficient (Wildman–Crippen LogP) is 4.31. The smallest absolute Gasteiger partial charge is 0.249 e. The summed E-state index contributed by atoms with van der Waals surface area (Å²) in [6.45, 7) is 8.56. The molecule has 8 heteroatoms. The standard InChI is InChI=1S/C23H26N2O4S2/c1-5-13-25-20-11-6-17(16(2)3)15-21(20)30-23(25)24-22(26)12-14-31(27,28)19-9-7-18(29-4)8-10-19/h5-11,15-16H,1,12-14H2,2-4H3. The van der Waals surface area contributed by atoms with E-state index in [-0.39, 0.29) is 17.1 Å². The highest BCUT2D eigenvalue weighted by Gasteiger charge is 2.17. The number of hydrogen-bond acceptors (Lipinski definition) is 5. The zero-order valence-corrected chi connectivity index (χ0v) is 19.5. The third kappa shape index (κ3) is 5.32. The van der Waals surface area contributed by atoms with Gasteiger partial charge in [-0.1, -0.05) is 37.3 Å². The van der Waals surface area contributed by atoms with Crippen LogP contribution >= 0.6 is 11.3 Å². The lowest BCUT2D eigenvalue weighted by Crippen LogP contribution is -2.17. The van der Waals surface area contributed by atoms with Crippen molar-refractivity contribution < 1.29 is 17.9 Å². The first-order valence-electron chi connectivity index (χ1n) is 9.93. The molecule has 2 aromatic carbocycles. The Bertz CT molecular complexity index is 1270. The first kappa shape index (κ1) is 23.0. The van der Waals surface area contributed by atoms with E-state index in [1.807, 2.05) is 10.6 Å². The molecule has 1 amide bonds. The highest BCUT2D eigenvalue weighted by Crippen LogP contribution is 2.24. The maximum Gasteiger partial charge on any atom is 0.249 e. The van der Waals surface area contributed by atoms with Crippen LogP contribution in [0.3, 0.4) is 0 Å². The number of carbonyl (C=O) groups is 1. The Kier molecular flexibility index (Phi) is 7.12. The molecule has 0 fully saturated rings. The quantitative estimate of drug-likeness (QED) is 0.471. The van der Waals surface area contributed by atoms with Gasteiger partial charge >= 0.3 is 0 Å². The van der Waals surface area contributed by atoms with Gasteiger partial charge in [-0.2, -0.15) is 4.99 Å². The largest absolute Gasteiger partial charge is 0.497 e. The molecule has 0 spiro atoms. The number of aromatic nitrogens is 1. The van der Waals surface area contributed by atoms with E-state index in [1.54, 1.807) is 18.2 Å². The molecule has 31 heavy (non-hydrogen) atoms. The van der Waals surface area contributed by atoms with Gasteiger partial charge in [0.1, 0.15) is 5.75 Å². The molecule has 0 aliphatic rings. The molecule has 0 aliphatic carbocycles. The molecule has 0 aliphatic heterocycles. The topological polar surface area (TPSA) is 77.7 Å². The molecule has 1 heterocycles. The van der Waals surface area contributed by atoms with E-state index in [9.17, 15) is 13.2 Å². The van der Waals surface area contributed by atoms with Crippen molar-refractivity contribution in [3.8, 4) is 5.75 Å². The van der Waals surface area contributed by atoms with Crippen LogP contribution in [0, 0.1) is 0 Å². The van der Waals surface area contributed by atoms with Crippen molar-refractivity contribution in [3.05, 3.63) is 65.5 Å². The number of hydrogen-bond donors (Lipinski definition) is 0. The van der Waals surface area contributed by atoms with Gasteiger partial charge < -0.3 is 9.30 Å². The average Bonchev–Trinajstić information content (AvgIpc) is 3.09. The average molecular weight is 459 g/mol. The van der Waals surface area contributed by atoms with Crippen molar-refractivity contribution in [2.75, 3.05) is 12.9 Å². The van der Waals surface area contributed by atoms with Crippen LogP contribution in [-0.4, -0.2) is 31.8 Å². The molecule has 0 atom stereocenters. The Labute approximate surface area is 186 Å². The second kappa shape index (κ2) is 9.62. The van der Waals surface area contributed by atoms with Crippen molar-refractivity contribution in [3.63, 3.8) is 0 Å². The number of sulfone groups is 1. The number of rotatable bonds is 8. The zero-order chi connectivity index (χ0) is 22.6. The van der Waals surface area contributed by atoms with Crippen molar-refractivity contribution in [1.29, 1.82) is 0 Å². The third-order valence-corrected chi connectivity index (χ3v) is 7.68. The minimum atomic E-state index is -3.59. The highest BCUT2D eigenvalue weighted by atomic mass is 32.2. The zero-order valence-electron chi connectivity index (χ0n) is 17.9. The molecule has 0 unspecified atom stereocenters. The Hall–Kier alpha value is -2.71. The molecule has 0 radical (unpaired) electrons. The second-order valence-corrected chi connectivity index (χ2v) is 10.5.